The van der Waals surface area contributed by atoms with Crippen molar-refractivity contribution in [3.05, 3.63) is 29.8 Å². The predicted molar refractivity (Wildman–Crippen MR) is 57.3 cm³/mol. The van der Waals surface area contributed by atoms with Crippen LogP contribution in [0.15, 0.2) is 24.3 Å². The van der Waals surface area contributed by atoms with E-state index in [1.54, 1.807) is 6.07 Å². The van der Waals surface area contributed by atoms with Crippen LogP contribution in [-0.2, 0) is 6.18 Å². The fourth-order valence-electron chi connectivity index (χ4n) is 1.93. The van der Waals surface area contributed by atoms with Gasteiger partial charge in [0.25, 0.3) is 0 Å². The van der Waals surface area contributed by atoms with Crippen LogP contribution in [0.25, 0.3) is 0 Å². The smallest absolute Gasteiger partial charge is 0.382 e. The maximum atomic E-state index is 12.7. The van der Waals surface area contributed by atoms with Gasteiger partial charge in [-0.25, -0.2) is 0 Å². The second kappa shape index (κ2) is 4.00. The highest BCUT2D eigenvalue weighted by molar-refractivity contribution is 5.54. The van der Waals surface area contributed by atoms with Crippen molar-refractivity contribution in [1.29, 1.82) is 0 Å². The number of anilines is 1. The third kappa shape index (κ3) is 2.31. The summed E-state index contributed by atoms with van der Waals surface area (Å²) in [6.45, 7) is 2.06. The van der Waals surface area contributed by atoms with Crippen molar-refractivity contribution >= 4 is 5.69 Å². The highest BCUT2D eigenvalue weighted by atomic mass is 19.4. The zero-order valence-electron chi connectivity index (χ0n) is 9.01. The zero-order valence-corrected chi connectivity index (χ0v) is 9.01. The van der Waals surface area contributed by atoms with Crippen LogP contribution in [0.2, 0.25) is 0 Å². The van der Waals surface area contributed by atoms with Gasteiger partial charge in [-0.2, -0.15) is 13.2 Å². The van der Waals surface area contributed by atoms with Gasteiger partial charge in [-0.1, -0.05) is 25.5 Å². The minimum Gasteiger partial charge on any atom is -0.382 e. The molecule has 1 N–H and O–H groups in total. The van der Waals surface area contributed by atoms with Crippen LogP contribution in [-0.4, -0.2) is 6.04 Å². The van der Waals surface area contributed by atoms with Crippen LogP contribution in [0.3, 0.4) is 0 Å². The summed E-state index contributed by atoms with van der Waals surface area (Å²) in [7, 11) is 0. The quantitative estimate of drug-likeness (QED) is 0.828. The van der Waals surface area contributed by atoms with E-state index in [0.717, 1.165) is 18.9 Å². The van der Waals surface area contributed by atoms with Gasteiger partial charge in [0, 0.05) is 11.7 Å². The van der Waals surface area contributed by atoms with Crippen molar-refractivity contribution in [2.75, 3.05) is 5.32 Å². The molecule has 0 heterocycles. The number of para-hydroxylation sites is 1. The molecule has 0 bridgehead atoms. The zero-order chi connectivity index (χ0) is 11.8. The Balaban J connectivity index is 2.15. The molecule has 1 aromatic carbocycles. The van der Waals surface area contributed by atoms with Gasteiger partial charge in [-0.3, -0.25) is 0 Å². The van der Waals surface area contributed by atoms with Gasteiger partial charge >= 0.3 is 6.18 Å². The van der Waals surface area contributed by atoms with Crippen LogP contribution in [0.4, 0.5) is 18.9 Å². The SMILES string of the molecule is CCC1CC1Nc1ccccc1C(F)(F)F. The molecule has 1 nitrogen and oxygen atoms in total. The van der Waals surface area contributed by atoms with Crippen LogP contribution in [0, 0.1) is 5.92 Å². The van der Waals surface area contributed by atoms with E-state index in [0.29, 0.717) is 5.92 Å². The van der Waals surface area contributed by atoms with E-state index in [1.165, 1.54) is 12.1 Å². The number of hydrogen-bond donors (Lipinski definition) is 1. The topological polar surface area (TPSA) is 12.0 Å². The van der Waals surface area contributed by atoms with Crippen LogP contribution in [0.5, 0.6) is 0 Å². The summed E-state index contributed by atoms with van der Waals surface area (Å²) in [5.41, 5.74) is -0.368. The Morgan fingerprint density at radius 1 is 1.31 bits per heavy atom. The molecule has 1 saturated carbocycles. The van der Waals surface area contributed by atoms with Crippen molar-refractivity contribution in [3.8, 4) is 0 Å². The van der Waals surface area contributed by atoms with Gasteiger partial charge in [-0.15, -0.1) is 0 Å². The summed E-state index contributed by atoms with van der Waals surface area (Å²) >= 11 is 0. The third-order valence-electron chi connectivity index (χ3n) is 3.02. The lowest BCUT2D eigenvalue weighted by molar-refractivity contribution is -0.136. The number of alkyl halides is 3. The Bertz CT molecular complexity index is 373. The van der Waals surface area contributed by atoms with E-state index in [4.69, 9.17) is 0 Å². The number of halogens is 3. The summed E-state index contributed by atoms with van der Waals surface area (Å²) in [6.07, 6.45) is -2.28. The molecule has 2 unspecified atom stereocenters. The number of nitrogens with one attached hydrogen (secondary N) is 1. The molecule has 0 spiro atoms. The van der Waals surface area contributed by atoms with Crippen molar-refractivity contribution in [2.45, 2.75) is 32.0 Å². The summed E-state index contributed by atoms with van der Waals surface area (Å²) in [5, 5.41) is 2.97. The Hall–Kier alpha value is -1.19. The standard InChI is InChI=1S/C12H14F3N/c1-2-8-7-11(8)16-10-6-4-3-5-9(10)12(13,14)15/h3-6,8,11,16H,2,7H2,1H3. The fourth-order valence-corrected chi connectivity index (χ4v) is 1.93. The molecule has 0 saturated heterocycles. The van der Waals surface area contributed by atoms with Crippen molar-refractivity contribution in [1.82, 2.24) is 0 Å². The molecule has 2 atom stereocenters. The molecule has 16 heavy (non-hydrogen) atoms. The first kappa shape index (κ1) is 11.3. The Morgan fingerprint density at radius 2 is 2.00 bits per heavy atom. The second-order valence-corrected chi connectivity index (χ2v) is 4.20. The van der Waals surface area contributed by atoms with Gasteiger partial charge in [0.1, 0.15) is 0 Å². The molecule has 0 aromatic heterocycles. The molecule has 88 valence electrons. The molecule has 1 fully saturated rings. The lowest BCUT2D eigenvalue weighted by Gasteiger charge is -2.14. The van der Waals surface area contributed by atoms with Gasteiger partial charge < -0.3 is 5.32 Å². The van der Waals surface area contributed by atoms with Crippen LogP contribution >= 0.6 is 0 Å². The summed E-state index contributed by atoms with van der Waals surface area (Å²) in [5.74, 6) is 0.529. The minimum absolute atomic E-state index is 0.205. The number of rotatable bonds is 3. The Morgan fingerprint density at radius 3 is 2.56 bits per heavy atom. The Kier molecular flexibility index (Phi) is 2.82. The van der Waals surface area contributed by atoms with Crippen molar-refractivity contribution in [3.63, 3.8) is 0 Å². The average Bonchev–Trinajstić information content (AvgIpc) is 2.96. The van der Waals surface area contributed by atoms with E-state index < -0.39 is 11.7 Å². The normalized spacial score (nSPS) is 24.2. The van der Waals surface area contributed by atoms with Crippen LogP contribution < -0.4 is 5.32 Å². The number of benzene rings is 1. The fraction of sp³-hybridized carbons (Fsp3) is 0.500. The minimum atomic E-state index is -4.28. The summed E-state index contributed by atoms with van der Waals surface area (Å²) in [4.78, 5) is 0. The molecule has 0 amide bonds. The van der Waals surface area contributed by atoms with E-state index in [1.807, 2.05) is 0 Å². The monoisotopic (exact) mass is 229 g/mol. The molecule has 1 aliphatic carbocycles. The van der Waals surface area contributed by atoms with E-state index >= 15 is 0 Å². The molecule has 0 aliphatic heterocycles. The first-order valence-corrected chi connectivity index (χ1v) is 5.45. The average molecular weight is 229 g/mol. The maximum Gasteiger partial charge on any atom is 0.418 e. The number of hydrogen-bond acceptors (Lipinski definition) is 1. The predicted octanol–water partition coefficient (Wildman–Crippen LogP) is 3.92. The lowest BCUT2D eigenvalue weighted by atomic mass is 10.1. The second-order valence-electron chi connectivity index (χ2n) is 4.20. The first-order valence-electron chi connectivity index (χ1n) is 5.45. The molecular weight excluding hydrogens is 215 g/mol. The van der Waals surface area contributed by atoms with Gasteiger partial charge in [0.2, 0.25) is 0 Å². The van der Waals surface area contributed by atoms with Gasteiger partial charge in [-0.05, 0) is 24.5 Å². The molecule has 1 aromatic rings. The summed E-state index contributed by atoms with van der Waals surface area (Å²) in [6, 6.07) is 5.87. The van der Waals surface area contributed by atoms with E-state index in [-0.39, 0.29) is 11.7 Å². The van der Waals surface area contributed by atoms with E-state index in [9.17, 15) is 13.2 Å². The maximum absolute atomic E-state index is 12.7. The van der Waals surface area contributed by atoms with Crippen LogP contribution in [0.1, 0.15) is 25.3 Å². The highest BCUT2D eigenvalue weighted by Gasteiger charge is 2.38. The first-order chi connectivity index (χ1) is 7.52. The summed E-state index contributed by atoms with van der Waals surface area (Å²) < 4.78 is 38.0. The molecule has 4 heteroatoms. The Labute approximate surface area is 92.7 Å². The molecule has 2 rings (SSSR count). The van der Waals surface area contributed by atoms with Gasteiger partial charge in [0.05, 0.1) is 5.56 Å². The molecule has 0 radical (unpaired) electrons. The molecular formula is C12H14F3N. The van der Waals surface area contributed by atoms with Gasteiger partial charge in [0.15, 0.2) is 0 Å². The third-order valence-corrected chi connectivity index (χ3v) is 3.02. The lowest BCUT2D eigenvalue weighted by Crippen LogP contribution is -2.12. The highest BCUT2D eigenvalue weighted by Crippen LogP contribution is 2.40. The molecule has 1 aliphatic rings. The largest absolute Gasteiger partial charge is 0.418 e. The van der Waals surface area contributed by atoms with E-state index in [2.05, 4.69) is 12.2 Å². The van der Waals surface area contributed by atoms with Crippen molar-refractivity contribution < 1.29 is 13.2 Å². The van der Waals surface area contributed by atoms with Crippen molar-refractivity contribution in [2.24, 2.45) is 5.92 Å².